The Labute approximate surface area is 140 Å². The lowest BCUT2D eigenvalue weighted by Crippen LogP contribution is -2.32. The molecular formula is C19H20N2O3. The van der Waals surface area contributed by atoms with Crippen LogP contribution in [-0.2, 0) is 0 Å². The highest BCUT2D eigenvalue weighted by molar-refractivity contribution is 5.96. The average molecular weight is 324 g/mol. The van der Waals surface area contributed by atoms with E-state index in [0.717, 1.165) is 19.3 Å². The molecule has 24 heavy (non-hydrogen) atoms. The summed E-state index contributed by atoms with van der Waals surface area (Å²) in [5.41, 5.74) is 1.61. The van der Waals surface area contributed by atoms with Crippen LogP contribution in [0.25, 0.3) is 0 Å². The van der Waals surface area contributed by atoms with Gasteiger partial charge in [0.1, 0.15) is 5.69 Å². The fourth-order valence-corrected chi connectivity index (χ4v) is 3.22. The van der Waals surface area contributed by atoms with Gasteiger partial charge in [0.15, 0.2) is 0 Å². The van der Waals surface area contributed by atoms with E-state index < -0.39 is 5.97 Å². The highest BCUT2D eigenvalue weighted by Crippen LogP contribution is 2.28. The van der Waals surface area contributed by atoms with Crippen molar-refractivity contribution in [3.63, 3.8) is 0 Å². The van der Waals surface area contributed by atoms with Crippen molar-refractivity contribution in [3.8, 4) is 0 Å². The van der Waals surface area contributed by atoms with Crippen LogP contribution in [0.3, 0.4) is 0 Å². The number of likely N-dealkylation sites (tertiary alicyclic amines) is 1. The van der Waals surface area contributed by atoms with Crippen molar-refractivity contribution >= 4 is 11.9 Å². The Morgan fingerprint density at radius 2 is 1.88 bits per heavy atom. The minimum Gasteiger partial charge on any atom is -0.477 e. The van der Waals surface area contributed by atoms with Gasteiger partial charge in [0.2, 0.25) is 0 Å². The average Bonchev–Trinajstić information content (AvgIpc) is 2.88. The van der Waals surface area contributed by atoms with Gasteiger partial charge in [0, 0.05) is 24.8 Å². The van der Waals surface area contributed by atoms with Gasteiger partial charge in [-0.1, -0.05) is 30.3 Å². The Bertz CT molecular complexity index is 730. The van der Waals surface area contributed by atoms with Gasteiger partial charge in [0.05, 0.1) is 0 Å². The molecule has 5 heteroatoms. The smallest absolute Gasteiger partial charge is 0.354 e. The van der Waals surface area contributed by atoms with Gasteiger partial charge in [-0.15, -0.1) is 0 Å². The van der Waals surface area contributed by atoms with E-state index in [0.29, 0.717) is 24.6 Å². The molecule has 1 aromatic heterocycles. The summed E-state index contributed by atoms with van der Waals surface area (Å²) in [6.07, 6.45) is 4.31. The number of carboxylic acids is 1. The summed E-state index contributed by atoms with van der Waals surface area (Å²) in [5.74, 6) is -0.769. The second kappa shape index (κ2) is 7.25. The van der Waals surface area contributed by atoms with E-state index in [1.165, 1.54) is 17.8 Å². The summed E-state index contributed by atoms with van der Waals surface area (Å²) < 4.78 is 0. The first-order valence-corrected chi connectivity index (χ1v) is 8.18. The van der Waals surface area contributed by atoms with E-state index in [-0.39, 0.29) is 11.6 Å². The molecule has 1 atom stereocenters. The zero-order chi connectivity index (χ0) is 16.9. The number of carbonyl (C=O) groups excluding carboxylic acids is 1. The third-order valence-corrected chi connectivity index (χ3v) is 4.51. The largest absolute Gasteiger partial charge is 0.477 e. The first-order valence-electron chi connectivity index (χ1n) is 8.18. The van der Waals surface area contributed by atoms with Crippen LogP contribution in [0, 0.1) is 0 Å². The van der Waals surface area contributed by atoms with Crippen LogP contribution in [0.4, 0.5) is 0 Å². The maximum atomic E-state index is 12.7. The zero-order valence-electron chi connectivity index (χ0n) is 13.4. The Morgan fingerprint density at radius 1 is 1.08 bits per heavy atom. The highest BCUT2D eigenvalue weighted by Gasteiger charge is 2.23. The molecule has 1 N–H and O–H groups in total. The lowest BCUT2D eigenvalue weighted by molar-refractivity contribution is 0.0690. The number of hydrogen-bond donors (Lipinski definition) is 1. The van der Waals surface area contributed by atoms with Crippen LogP contribution >= 0.6 is 0 Å². The predicted octanol–water partition coefficient (Wildman–Crippen LogP) is 3.19. The van der Waals surface area contributed by atoms with Gasteiger partial charge in [0.25, 0.3) is 5.91 Å². The molecule has 1 fully saturated rings. The lowest BCUT2D eigenvalue weighted by Gasteiger charge is -2.21. The summed E-state index contributed by atoms with van der Waals surface area (Å²) >= 11 is 0. The predicted molar refractivity (Wildman–Crippen MR) is 90.1 cm³/mol. The number of benzene rings is 1. The fourth-order valence-electron chi connectivity index (χ4n) is 3.22. The lowest BCUT2D eigenvalue weighted by atomic mass is 9.92. The molecule has 1 aromatic carbocycles. The van der Waals surface area contributed by atoms with Gasteiger partial charge in [-0.3, -0.25) is 4.79 Å². The number of rotatable bonds is 3. The van der Waals surface area contributed by atoms with Crippen molar-refractivity contribution in [2.45, 2.75) is 25.2 Å². The molecular weight excluding hydrogens is 304 g/mol. The molecule has 1 amide bonds. The molecule has 3 rings (SSSR count). The number of amides is 1. The molecule has 0 spiro atoms. The van der Waals surface area contributed by atoms with Gasteiger partial charge >= 0.3 is 5.97 Å². The van der Waals surface area contributed by atoms with Crippen LogP contribution in [0.15, 0.2) is 48.7 Å². The molecule has 1 unspecified atom stereocenters. The van der Waals surface area contributed by atoms with E-state index in [1.807, 2.05) is 23.1 Å². The third-order valence-electron chi connectivity index (χ3n) is 4.51. The van der Waals surface area contributed by atoms with Crippen molar-refractivity contribution < 1.29 is 14.7 Å². The maximum Gasteiger partial charge on any atom is 0.354 e. The van der Waals surface area contributed by atoms with Gasteiger partial charge in [-0.25, -0.2) is 9.78 Å². The monoisotopic (exact) mass is 324 g/mol. The van der Waals surface area contributed by atoms with E-state index in [2.05, 4.69) is 17.1 Å². The first kappa shape index (κ1) is 16.2. The summed E-state index contributed by atoms with van der Waals surface area (Å²) in [6, 6.07) is 13.3. The van der Waals surface area contributed by atoms with Crippen LogP contribution in [0.1, 0.15) is 51.6 Å². The van der Waals surface area contributed by atoms with Crippen molar-refractivity contribution in [1.29, 1.82) is 0 Å². The topological polar surface area (TPSA) is 70.5 Å². The third kappa shape index (κ3) is 3.62. The van der Waals surface area contributed by atoms with Crippen molar-refractivity contribution in [2.24, 2.45) is 0 Å². The molecule has 0 aliphatic carbocycles. The summed E-state index contributed by atoms with van der Waals surface area (Å²) in [5, 5.41) is 9.02. The Morgan fingerprint density at radius 3 is 2.62 bits per heavy atom. The molecule has 1 aliphatic rings. The quantitative estimate of drug-likeness (QED) is 0.941. The second-order valence-electron chi connectivity index (χ2n) is 6.07. The van der Waals surface area contributed by atoms with Crippen LogP contribution < -0.4 is 0 Å². The Kier molecular flexibility index (Phi) is 4.89. The number of carboxylic acid groups (broad SMARTS) is 1. The van der Waals surface area contributed by atoms with Crippen molar-refractivity contribution in [3.05, 3.63) is 65.5 Å². The molecule has 0 radical (unpaired) electrons. The van der Waals surface area contributed by atoms with Crippen molar-refractivity contribution in [2.75, 3.05) is 13.1 Å². The minimum atomic E-state index is -1.12. The van der Waals surface area contributed by atoms with E-state index in [1.54, 1.807) is 6.07 Å². The number of pyridine rings is 1. The molecule has 0 bridgehead atoms. The molecule has 5 nitrogen and oxygen atoms in total. The number of aromatic carboxylic acids is 1. The van der Waals surface area contributed by atoms with E-state index in [4.69, 9.17) is 5.11 Å². The first-order chi connectivity index (χ1) is 11.6. The normalized spacial score (nSPS) is 18.0. The van der Waals surface area contributed by atoms with Crippen LogP contribution in [0.5, 0.6) is 0 Å². The van der Waals surface area contributed by atoms with Gasteiger partial charge < -0.3 is 10.0 Å². The number of carbonyl (C=O) groups is 2. The van der Waals surface area contributed by atoms with E-state index >= 15 is 0 Å². The molecule has 1 saturated heterocycles. The summed E-state index contributed by atoms with van der Waals surface area (Å²) in [6.45, 7) is 1.38. The fraction of sp³-hybridized carbons (Fsp3) is 0.316. The number of nitrogens with zero attached hydrogens (tertiary/aromatic N) is 2. The maximum absolute atomic E-state index is 12.7. The SMILES string of the molecule is O=C(O)c1cc(C(=O)N2CCCC(c3ccccc3)CC2)ccn1. The molecule has 1 aliphatic heterocycles. The van der Waals surface area contributed by atoms with Gasteiger partial charge in [-0.05, 0) is 42.9 Å². The molecule has 2 aromatic rings. The molecule has 2 heterocycles. The Balaban J connectivity index is 1.71. The standard InChI is InChI=1S/C19H20N2O3/c22-18(16-8-10-20-17(13-16)19(23)24)21-11-4-7-15(9-12-21)14-5-2-1-3-6-14/h1-3,5-6,8,10,13,15H,4,7,9,11-12H2,(H,23,24). The minimum absolute atomic E-state index is 0.0992. The second-order valence-corrected chi connectivity index (χ2v) is 6.07. The van der Waals surface area contributed by atoms with E-state index in [9.17, 15) is 9.59 Å². The molecule has 0 saturated carbocycles. The van der Waals surface area contributed by atoms with Crippen LogP contribution in [0.2, 0.25) is 0 Å². The molecule has 124 valence electrons. The van der Waals surface area contributed by atoms with Crippen molar-refractivity contribution in [1.82, 2.24) is 9.88 Å². The summed E-state index contributed by atoms with van der Waals surface area (Å²) in [7, 11) is 0. The number of hydrogen-bond acceptors (Lipinski definition) is 3. The summed E-state index contributed by atoms with van der Waals surface area (Å²) in [4.78, 5) is 29.3. The van der Waals surface area contributed by atoms with Gasteiger partial charge in [-0.2, -0.15) is 0 Å². The highest BCUT2D eigenvalue weighted by atomic mass is 16.4. The number of aromatic nitrogens is 1. The Hall–Kier alpha value is -2.69. The van der Waals surface area contributed by atoms with Crippen LogP contribution in [-0.4, -0.2) is 40.0 Å². The zero-order valence-corrected chi connectivity index (χ0v) is 13.4.